The molecule has 14 aromatic carbocycles. The summed E-state index contributed by atoms with van der Waals surface area (Å²) in [4.78, 5) is 28.8. The fourth-order valence-corrected chi connectivity index (χ4v) is 14.8. The van der Waals surface area contributed by atoms with Crippen LogP contribution in [0.15, 0.2) is 376 Å². The Hall–Kier alpha value is -12.6. The third kappa shape index (κ3) is 12.2. The van der Waals surface area contributed by atoms with Crippen LogP contribution in [0, 0.1) is 0 Å². The molecule has 485 valence electrons. The quantitative estimate of drug-likeness (QED) is 0.121. The van der Waals surface area contributed by atoms with E-state index in [0.29, 0.717) is 40.0 Å². The second-order valence-electron chi connectivity index (χ2n) is 24.8. The van der Waals surface area contributed by atoms with Gasteiger partial charge in [-0.25, -0.2) is 29.9 Å². The minimum absolute atomic E-state index is 0. The Kier molecular flexibility index (Phi) is 18.6. The third-order valence-electron chi connectivity index (χ3n) is 19.1. The summed E-state index contributed by atoms with van der Waals surface area (Å²) in [6.07, 6.45) is 0. The van der Waals surface area contributed by atoms with Crippen LogP contribution in [0.4, 0.5) is 0 Å². The monoisotopic (exact) mass is 1330 g/mol. The highest BCUT2D eigenvalue weighted by atomic mass is 35.5. The first kappa shape index (κ1) is 65.3. The zero-order valence-corrected chi connectivity index (χ0v) is 56.1. The van der Waals surface area contributed by atoms with E-state index in [9.17, 15) is 5.02 Å². The molecule has 2 heterocycles. The Morgan fingerprint density at radius 2 is 0.471 bits per heavy atom. The van der Waals surface area contributed by atoms with Gasteiger partial charge in [0.05, 0.1) is 10.8 Å². The molecule has 1 radical (unpaired) electrons. The molecule has 0 spiro atoms. The van der Waals surface area contributed by atoms with Crippen LogP contribution in [0.25, 0.3) is 102 Å². The molecule has 0 saturated carbocycles. The Morgan fingerprint density at radius 3 is 0.814 bits per heavy atom. The SMILES string of the molecule is Clc1ccc(-c2nc(-c3ccccc3)nc(-c3ccccc3)n2)cc1.O.O[B]c1cccc2c1-c1ccccc1C2(c1ccccc1)c1ccccc1.c1ccc(-c2nc(-c3ccccc3)nc(-c3ccc(-c4cccc5c4-c4ccccc4C5(c4ccccc4)c4ccccc4)cc3)n2)cc1. The van der Waals surface area contributed by atoms with Gasteiger partial charge in [0.2, 0.25) is 0 Å². The fourth-order valence-electron chi connectivity index (χ4n) is 14.6. The van der Waals surface area contributed by atoms with Crippen molar-refractivity contribution in [2.75, 3.05) is 0 Å². The molecule has 16 aromatic rings. The lowest BCUT2D eigenvalue weighted by Gasteiger charge is -2.34. The molecule has 2 aromatic heterocycles. The molecule has 10 heteroatoms. The topological polar surface area (TPSA) is 129 Å². The number of halogens is 1. The van der Waals surface area contributed by atoms with Crippen molar-refractivity contribution in [1.82, 2.24) is 29.9 Å². The van der Waals surface area contributed by atoms with Crippen LogP contribution in [-0.2, 0) is 10.8 Å². The van der Waals surface area contributed by atoms with Gasteiger partial charge >= 0.3 is 7.48 Å². The van der Waals surface area contributed by atoms with E-state index >= 15 is 0 Å². The molecule has 2 aliphatic rings. The Morgan fingerprint density at radius 1 is 0.225 bits per heavy atom. The summed E-state index contributed by atoms with van der Waals surface area (Å²) in [5.41, 5.74) is 22.9. The van der Waals surface area contributed by atoms with Gasteiger partial charge in [-0.1, -0.05) is 363 Å². The highest BCUT2D eigenvalue weighted by Gasteiger charge is 2.48. The lowest BCUT2D eigenvalue weighted by Crippen LogP contribution is -2.29. The largest absolute Gasteiger partial charge is 0.450 e. The average Bonchev–Trinajstić information content (AvgIpc) is 1.54. The van der Waals surface area contributed by atoms with Crippen molar-refractivity contribution in [2.45, 2.75) is 10.8 Å². The Labute approximate surface area is 599 Å². The van der Waals surface area contributed by atoms with Gasteiger partial charge in [-0.3, -0.25) is 0 Å². The summed E-state index contributed by atoms with van der Waals surface area (Å²) in [5, 5.41) is 10.6. The standard InChI is InChI=1S/C46H31N3.C25H18BO.C21H14ClN3.H2O/c1-5-16-33(17-6-1)43-47-44(34-18-7-2-8-19-34)49-45(48-43)35-30-28-32(29-31-35)38-25-15-27-41-42(38)39-24-13-14-26-40(39)46(41,36-20-9-3-10-21-36)37-22-11-4-12-23-37;27-26-23-17-9-16-22-24(23)20-14-7-8-15-21(20)25(22,18-10-3-1-4-11-18)19-12-5-2-6-13-19;22-18-13-11-17(12-14-18)21-24-19(15-7-3-1-4-8-15)23-20(25-21)16-9-5-2-6-10-16;/h1-31H;1-17,27H;1-14H;1H2. The first-order valence-electron chi connectivity index (χ1n) is 33.7. The van der Waals surface area contributed by atoms with Crippen LogP contribution in [0.5, 0.6) is 0 Å². The molecule has 18 rings (SSSR count). The second kappa shape index (κ2) is 29.1. The first-order valence-corrected chi connectivity index (χ1v) is 34.1. The summed E-state index contributed by atoms with van der Waals surface area (Å²) in [6, 6.07) is 130. The van der Waals surface area contributed by atoms with Crippen LogP contribution >= 0.6 is 11.6 Å². The van der Waals surface area contributed by atoms with E-state index < -0.39 is 10.8 Å². The van der Waals surface area contributed by atoms with Crippen molar-refractivity contribution in [2.24, 2.45) is 0 Å². The summed E-state index contributed by atoms with van der Waals surface area (Å²) in [7, 11) is 1.22. The molecule has 8 nitrogen and oxygen atoms in total. The number of benzene rings is 14. The molecule has 0 atom stereocenters. The van der Waals surface area contributed by atoms with Gasteiger partial charge in [-0.2, -0.15) is 0 Å². The maximum absolute atomic E-state index is 9.91. The summed E-state index contributed by atoms with van der Waals surface area (Å²) < 4.78 is 0. The van der Waals surface area contributed by atoms with E-state index in [2.05, 4.69) is 233 Å². The normalized spacial score (nSPS) is 12.3. The van der Waals surface area contributed by atoms with E-state index in [-0.39, 0.29) is 5.48 Å². The number of hydrogen-bond acceptors (Lipinski definition) is 7. The molecule has 0 fully saturated rings. The summed E-state index contributed by atoms with van der Waals surface area (Å²) in [5.74, 6) is 3.90. The summed E-state index contributed by atoms with van der Waals surface area (Å²) in [6.45, 7) is 0. The minimum atomic E-state index is -0.434. The predicted molar refractivity (Wildman–Crippen MR) is 415 cm³/mol. The second-order valence-corrected chi connectivity index (χ2v) is 25.3. The number of hydrogen-bond donors (Lipinski definition) is 1. The van der Waals surface area contributed by atoms with Gasteiger partial charge in [0.15, 0.2) is 34.9 Å². The molecule has 0 amide bonds. The highest BCUT2D eigenvalue weighted by molar-refractivity contribution is 6.48. The van der Waals surface area contributed by atoms with Crippen LogP contribution in [0.1, 0.15) is 44.5 Å². The van der Waals surface area contributed by atoms with Gasteiger partial charge in [0.1, 0.15) is 0 Å². The predicted octanol–water partition coefficient (Wildman–Crippen LogP) is 19.9. The molecular formula is C92H65BClN6O2. The van der Waals surface area contributed by atoms with Crippen LogP contribution in [0.2, 0.25) is 5.02 Å². The minimum Gasteiger partial charge on any atom is -0.450 e. The number of fused-ring (bicyclic) bond motifs is 6. The van der Waals surface area contributed by atoms with Gasteiger partial charge in [-0.15, -0.1) is 0 Å². The van der Waals surface area contributed by atoms with Crippen molar-refractivity contribution >= 4 is 24.5 Å². The van der Waals surface area contributed by atoms with Crippen LogP contribution in [-0.4, -0.2) is 47.9 Å². The average molecular weight is 1330 g/mol. The molecule has 0 saturated heterocycles. The smallest absolute Gasteiger partial charge is 0.327 e. The summed E-state index contributed by atoms with van der Waals surface area (Å²) >= 11 is 6.00. The van der Waals surface area contributed by atoms with Gasteiger partial charge in [-0.05, 0) is 108 Å². The van der Waals surface area contributed by atoms with E-state index in [4.69, 9.17) is 26.6 Å². The first-order chi connectivity index (χ1) is 50.0. The molecule has 102 heavy (non-hydrogen) atoms. The van der Waals surface area contributed by atoms with Crippen molar-refractivity contribution in [3.8, 4) is 102 Å². The molecule has 0 unspecified atom stereocenters. The number of aromatic nitrogens is 6. The van der Waals surface area contributed by atoms with E-state index in [0.717, 1.165) is 50.0 Å². The maximum Gasteiger partial charge on any atom is 0.327 e. The Bertz CT molecular complexity index is 5360. The number of rotatable bonds is 12. The van der Waals surface area contributed by atoms with Crippen LogP contribution < -0.4 is 5.46 Å². The van der Waals surface area contributed by atoms with E-state index in [1.165, 1.54) is 74.2 Å². The fraction of sp³-hybridized carbons (Fsp3) is 0.0217. The van der Waals surface area contributed by atoms with Crippen molar-refractivity contribution in [3.63, 3.8) is 0 Å². The zero-order chi connectivity index (χ0) is 68.0. The lowest BCUT2D eigenvalue weighted by molar-refractivity contribution is 0.615. The molecular weight excluding hydrogens is 1270 g/mol. The molecule has 3 N–H and O–H groups in total. The Balaban J connectivity index is 0.000000134. The van der Waals surface area contributed by atoms with Crippen molar-refractivity contribution in [1.29, 1.82) is 0 Å². The molecule has 0 bridgehead atoms. The molecule has 0 aliphatic heterocycles. The lowest BCUT2D eigenvalue weighted by atomic mass is 9.67. The molecule has 2 aliphatic carbocycles. The van der Waals surface area contributed by atoms with Gasteiger partial charge < -0.3 is 10.5 Å². The van der Waals surface area contributed by atoms with Gasteiger partial charge in [0, 0.05) is 38.4 Å². The van der Waals surface area contributed by atoms with Crippen molar-refractivity contribution < 1.29 is 10.5 Å². The van der Waals surface area contributed by atoms with Crippen LogP contribution in [0.3, 0.4) is 0 Å². The maximum atomic E-state index is 9.91. The van der Waals surface area contributed by atoms with E-state index in [1.54, 1.807) is 0 Å². The number of nitrogens with zero attached hydrogens (tertiary/aromatic N) is 6. The third-order valence-corrected chi connectivity index (χ3v) is 19.3. The van der Waals surface area contributed by atoms with Gasteiger partial charge in [0.25, 0.3) is 0 Å². The zero-order valence-electron chi connectivity index (χ0n) is 55.4. The highest BCUT2D eigenvalue weighted by Crippen LogP contribution is 2.59. The van der Waals surface area contributed by atoms with Crippen molar-refractivity contribution in [3.05, 3.63) is 426 Å². The van der Waals surface area contributed by atoms with E-state index in [1.807, 2.05) is 158 Å².